The molecule has 0 saturated carbocycles. The first-order valence-electron chi connectivity index (χ1n) is 5.62. The molecule has 4 nitrogen and oxygen atoms in total. The van der Waals surface area contributed by atoms with E-state index in [1.807, 2.05) is 13.8 Å². The normalized spacial score (nSPS) is 13.1. The zero-order chi connectivity index (χ0) is 13.9. The number of carbonyl (C=O) groups excluding carboxylic acids is 1. The van der Waals surface area contributed by atoms with Crippen molar-refractivity contribution in [1.82, 2.24) is 5.32 Å². The van der Waals surface area contributed by atoms with Gasteiger partial charge in [-0.3, -0.25) is 4.79 Å². The quantitative estimate of drug-likeness (QED) is 0.866. The minimum absolute atomic E-state index is 0.0353. The summed E-state index contributed by atoms with van der Waals surface area (Å²) in [6.45, 7) is 5.59. The predicted octanol–water partition coefficient (Wildman–Crippen LogP) is 2.45. The van der Waals surface area contributed by atoms with Crippen LogP contribution in [0.25, 0.3) is 0 Å². The number of nitrogens with one attached hydrogen (secondary N) is 1. The molecule has 100 valence electrons. The lowest BCUT2D eigenvalue weighted by atomic mass is 10.1. The third-order valence-electron chi connectivity index (χ3n) is 2.73. The average molecular weight is 290 g/mol. The molecule has 1 amide bonds. The second-order valence-electron chi connectivity index (χ2n) is 4.20. The van der Waals surface area contributed by atoms with Gasteiger partial charge in [0.1, 0.15) is 0 Å². The van der Waals surface area contributed by atoms with Gasteiger partial charge in [0.15, 0.2) is 0 Å². The van der Waals surface area contributed by atoms with Crippen molar-refractivity contribution in [1.29, 1.82) is 0 Å². The Labute approximate surface area is 112 Å². The van der Waals surface area contributed by atoms with Crippen LogP contribution in [0.15, 0.2) is 23.1 Å². The summed E-state index contributed by atoms with van der Waals surface area (Å²) in [6.07, 6.45) is 0.804. The SMILES string of the molecule is CCC(C)NC(=O)c1cc(S(=O)(=O)Cl)ccc1C. The van der Waals surface area contributed by atoms with Gasteiger partial charge in [0, 0.05) is 22.3 Å². The number of rotatable bonds is 4. The number of hydrogen-bond acceptors (Lipinski definition) is 3. The van der Waals surface area contributed by atoms with Crippen LogP contribution in [-0.2, 0) is 9.05 Å². The highest BCUT2D eigenvalue weighted by atomic mass is 35.7. The van der Waals surface area contributed by atoms with E-state index in [2.05, 4.69) is 5.32 Å². The van der Waals surface area contributed by atoms with Gasteiger partial charge < -0.3 is 5.32 Å². The van der Waals surface area contributed by atoms with Gasteiger partial charge in [0.2, 0.25) is 0 Å². The Bertz CT molecular complexity index is 554. The van der Waals surface area contributed by atoms with Crippen molar-refractivity contribution in [3.05, 3.63) is 29.3 Å². The third-order valence-corrected chi connectivity index (χ3v) is 4.08. The summed E-state index contributed by atoms with van der Waals surface area (Å²) in [5, 5.41) is 2.79. The lowest BCUT2D eigenvalue weighted by Gasteiger charge is -2.13. The summed E-state index contributed by atoms with van der Waals surface area (Å²) in [5.74, 6) is -0.288. The van der Waals surface area contributed by atoms with Gasteiger partial charge in [-0.05, 0) is 38.0 Å². The van der Waals surface area contributed by atoms with E-state index in [0.29, 0.717) is 11.1 Å². The maximum atomic E-state index is 12.0. The predicted molar refractivity (Wildman–Crippen MR) is 71.4 cm³/mol. The molecule has 0 radical (unpaired) electrons. The van der Waals surface area contributed by atoms with Crippen molar-refractivity contribution >= 4 is 25.6 Å². The highest BCUT2D eigenvalue weighted by Crippen LogP contribution is 2.19. The molecule has 0 spiro atoms. The Morgan fingerprint density at radius 3 is 2.56 bits per heavy atom. The van der Waals surface area contributed by atoms with Gasteiger partial charge in [0.05, 0.1) is 4.90 Å². The fourth-order valence-corrected chi connectivity index (χ4v) is 2.18. The Balaban J connectivity index is 3.12. The van der Waals surface area contributed by atoms with Crippen LogP contribution in [0.5, 0.6) is 0 Å². The van der Waals surface area contributed by atoms with Crippen LogP contribution >= 0.6 is 10.7 Å². The van der Waals surface area contributed by atoms with Crippen molar-refractivity contribution in [2.45, 2.75) is 38.1 Å². The molecular weight excluding hydrogens is 274 g/mol. The van der Waals surface area contributed by atoms with Gasteiger partial charge in [-0.25, -0.2) is 8.42 Å². The van der Waals surface area contributed by atoms with Crippen molar-refractivity contribution in [3.8, 4) is 0 Å². The first-order valence-corrected chi connectivity index (χ1v) is 7.92. The second kappa shape index (κ2) is 5.71. The fourth-order valence-electron chi connectivity index (χ4n) is 1.40. The van der Waals surface area contributed by atoms with Crippen LogP contribution in [-0.4, -0.2) is 20.4 Å². The third kappa shape index (κ3) is 3.71. The van der Waals surface area contributed by atoms with E-state index in [9.17, 15) is 13.2 Å². The Kier molecular flexibility index (Phi) is 4.76. The van der Waals surface area contributed by atoms with E-state index in [1.165, 1.54) is 12.1 Å². The van der Waals surface area contributed by atoms with E-state index < -0.39 is 9.05 Å². The maximum Gasteiger partial charge on any atom is 0.261 e. The van der Waals surface area contributed by atoms with Crippen molar-refractivity contribution in [3.63, 3.8) is 0 Å². The molecule has 1 N–H and O–H groups in total. The summed E-state index contributed by atoms with van der Waals surface area (Å²) in [5.41, 5.74) is 1.04. The first kappa shape index (κ1) is 15.0. The zero-order valence-electron chi connectivity index (χ0n) is 10.5. The molecule has 0 heterocycles. The molecule has 0 saturated heterocycles. The molecule has 0 aliphatic rings. The number of aryl methyl sites for hydroxylation is 1. The molecule has 0 aliphatic heterocycles. The molecule has 1 atom stereocenters. The lowest BCUT2D eigenvalue weighted by Crippen LogP contribution is -2.32. The van der Waals surface area contributed by atoms with Crippen molar-refractivity contribution in [2.24, 2.45) is 0 Å². The number of carbonyl (C=O) groups is 1. The van der Waals surface area contributed by atoms with E-state index in [1.54, 1.807) is 13.0 Å². The maximum absolute atomic E-state index is 12.0. The van der Waals surface area contributed by atoms with E-state index in [4.69, 9.17) is 10.7 Å². The van der Waals surface area contributed by atoms with Crippen LogP contribution in [0.2, 0.25) is 0 Å². The molecule has 0 fully saturated rings. The van der Waals surface area contributed by atoms with E-state index in [-0.39, 0.29) is 16.8 Å². The minimum atomic E-state index is -3.82. The number of amides is 1. The van der Waals surface area contributed by atoms with Crippen LogP contribution < -0.4 is 5.32 Å². The molecule has 6 heteroatoms. The van der Waals surface area contributed by atoms with Crippen LogP contribution in [0.3, 0.4) is 0 Å². The van der Waals surface area contributed by atoms with E-state index >= 15 is 0 Å². The molecule has 1 aromatic rings. The highest BCUT2D eigenvalue weighted by Gasteiger charge is 2.16. The lowest BCUT2D eigenvalue weighted by molar-refractivity contribution is 0.0938. The largest absolute Gasteiger partial charge is 0.350 e. The Morgan fingerprint density at radius 2 is 2.06 bits per heavy atom. The topological polar surface area (TPSA) is 63.2 Å². The highest BCUT2D eigenvalue weighted by molar-refractivity contribution is 8.13. The summed E-state index contributed by atoms with van der Waals surface area (Å²) >= 11 is 0. The zero-order valence-corrected chi connectivity index (χ0v) is 12.1. The van der Waals surface area contributed by atoms with Crippen LogP contribution in [0.4, 0.5) is 0 Å². The minimum Gasteiger partial charge on any atom is -0.350 e. The van der Waals surface area contributed by atoms with Crippen LogP contribution in [0.1, 0.15) is 36.2 Å². The number of halogens is 1. The second-order valence-corrected chi connectivity index (χ2v) is 6.76. The summed E-state index contributed by atoms with van der Waals surface area (Å²) in [7, 11) is 1.44. The number of benzene rings is 1. The Morgan fingerprint density at radius 1 is 1.44 bits per heavy atom. The van der Waals surface area contributed by atoms with Gasteiger partial charge in [0.25, 0.3) is 15.0 Å². The average Bonchev–Trinajstić information content (AvgIpc) is 2.27. The van der Waals surface area contributed by atoms with E-state index in [0.717, 1.165) is 6.42 Å². The van der Waals surface area contributed by atoms with Gasteiger partial charge in [-0.1, -0.05) is 13.0 Å². The van der Waals surface area contributed by atoms with Gasteiger partial charge >= 0.3 is 0 Å². The Hall–Kier alpha value is -1.07. The first-order chi connectivity index (χ1) is 8.25. The van der Waals surface area contributed by atoms with Gasteiger partial charge in [-0.15, -0.1) is 0 Å². The molecule has 0 aliphatic carbocycles. The standard InChI is InChI=1S/C12H16ClNO3S/c1-4-9(3)14-12(15)11-7-10(18(13,16)17)6-5-8(11)2/h5-7,9H,4H2,1-3H3,(H,14,15). The molecule has 0 aromatic heterocycles. The number of hydrogen-bond donors (Lipinski definition) is 1. The van der Waals surface area contributed by atoms with Crippen LogP contribution in [0, 0.1) is 6.92 Å². The van der Waals surface area contributed by atoms with Gasteiger partial charge in [-0.2, -0.15) is 0 Å². The molecule has 1 unspecified atom stereocenters. The smallest absolute Gasteiger partial charge is 0.261 e. The molecule has 1 rings (SSSR count). The molecule has 1 aromatic carbocycles. The van der Waals surface area contributed by atoms with Crippen molar-refractivity contribution in [2.75, 3.05) is 0 Å². The fraction of sp³-hybridized carbons (Fsp3) is 0.417. The summed E-state index contributed by atoms with van der Waals surface area (Å²) in [6, 6.07) is 4.29. The van der Waals surface area contributed by atoms with Crippen molar-refractivity contribution < 1.29 is 13.2 Å². The molecule has 0 bridgehead atoms. The molecular formula is C12H16ClNO3S. The molecule has 18 heavy (non-hydrogen) atoms. The summed E-state index contributed by atoms with van der Waals surface area (Å²) < 4.78 is 22.5. The monoisotopic (exact) mass is 289 g/mol. The summed E-state index contributed by atoms with van der Waals surface area (Å²) in [4.78, 5) is 11.9.